The van der Waals surface area contributed by atoms with E-state index in [0.717, 1.165) is 31.0 Å². The van der Waals surface area contributed by atoms with Crippen molar-refractivity contribution in [2.24, 2.45) is 5.92 Å². The van der Waals surface area contributed by atoms with E-state index in [4.69, 9.17) is 4.74 Å². The van der Waals surface area contributed by atoms with Gasteiger partial charge in [0, 0.05) is 5.56 Å². The Kier molecular flexibility index (Phi) is 9.82. The highest BCUT2D eigenvalue weighted by atomic mass is 16.5. The van der Waals surface area contributed by atoms with Crippen molar-refractivity contribution in [1.29, 1.82) is 0 Å². The summed E-state index contributed by atoms with van der Waals surface area (Å²) in [6.07, 6.45) is 10.9. The van der Waals surface area contributed by atoms with Gasteiger partial charge in [0.2, 0.25) is 0 Å². The Morgan fingerprint density at radius 2 is 1.64 bits per heavy atom. The summed E-state index contributed by atoms with van der Waals surface area (Å²) in [5.74, 6) is 1.57. The van der Waals surface area contributed by atoms with Gasteiger partial charge in [0.25, 0.3) is 0 Å². The summed E-state index contributed by atoms with van der Waals surface area (Å²) >= 11 is 0. The molecule has 2 aromatic carbocycles. The summed E-state index contributed by atoms with van der Waals surface area (Å²) in [6.45, 7) is 7.39. The van der Waals surface area contributed by atoms with E-state index in [9.17, 15) is 4.79 Å². The Morgan fingerprint density at radius 1 is 0.893 bits per heavy atom. The molecule has 28 heavy (non-hydrogen) atoms. The molecule has 0 N–H and O–H groups in total. The molecule has 0 saturated heterocycles. The van der Waals surface area contributed by atoms with Crippen LogP contribution in [-0.4, -0.2) is 12.9 Å². The first-order chi connectivity index (χ1) is 13.6. The van der Waals surface area contributed by atoms with Gasteiger partial charge >= 0.3 is 0 Å². The van der Waals surface area contributed by atoms with E-state index >= 15 is 0 Å². The van der Waals surface area contributed by atoms with Crippen molar-refractivity contribution in [3.05, 3.63) is 64.7 Å². The molecule has 0 radical (unpaired) electrons. The minimum atomic E-state index is 0.688. The van der Waals surface area contributed by atoms with E-state index < -0.39 is 0 Å². The second kappa shape index (κ2) is 12.4. The van der Waals surface area contributed by atoms with Gasteiger partial charge in [-0.15, -0.1) is 0 Å². The van der Waals surface area contributed by atoms with Crippen LogP contribution in [0.1, 0.15) is 78.9 Å². The van der Waals surface area contributed by atoms with Gasteiger partial charge < -0.3 is 4.74 Å². The number of unbranched alkanes of at least 4 members (excludes halogenated alkanes) is 3. The Bertz CT molecular complexity index is 703. The Morgan fingerprint density at radius 3 is 2.32 bits per heavy atom. The lowest BCUT2D eigenvalue weighted by atomic mass is 9.89. The van der Waals surface area contributed by atoms with Crippen molar-refractivity contribution in [2.45, 2.75) is 72.1 Å². The maximum absolute atomic E-state index is 10.7. The molecule has 0 heterocycles. The molecule has 0 unspecified atom stereocenters. The van der Waals surface area contributed by atoms with E-state index in [2.05, 4.69) is 39.0 Å². The highest BCUT2D eigenvalue weighted by Crippen LogP contribution is 2.23. The lowest BCUT2D eigenvalue weighted by molar-refractivity contribution is 0.112. The third-order valence-corrected chi connectivity index (χ3v) is 5.60. The fourth-order valence-corrected chi connectivity index (χ4v) is 3.68. The normalized spacial score (nSPS) is 12.0. The molecule has 0 amide bonds. The molecule has 1 atom stereocenters. The fourth-order valence-electron chi connectivity index (χ4n) is 3.68. The predicted molar refractivity (Wildman–Crippen MR) is 118 cm³/mol. The van der Waals surface area contributed by atoms with Crippen molar-refractivity contribution in [1.82, 2.24) is 0 Å². The monoisotopic (exact) mass is 380 g/mol. The van der Waals surface area contributed by atoms with Crippen molar-refractivity contribution in [2.75, 3.05) is 6.61 Å². The van der Waals surface area contributed by atoms with Gasteiger partial charge in [-0.05, 0) is 80.0 Å². The smallest absolute Gasteiger partial charge is 0.150 e. The molecule has 0 aliphatic carbocycles. The predicted octanol–water partition coefficient (Wildman–Crippen LogP) is 7.10. The van der Waals surface area contributed by atoms with Crippen LogP contribution < -0.4 is 4.74 Å². The van der Waals surface area contributed by atoms with Gasteiger partial charge in [0.05, 0.1) is 6.61 Å². The van der Waals surface area contributed by atoms with E-state index in [1.54, 1.807) is 12.1 Å². The summed E-state index contributed by atoms with van der Waals surface area (Å²) in [5.41, 5.74) is 4.92. The maximum atomic E-state index is 10.7. The number of ether oxygens (including phenoxy) is 1. The van der Waals surface area contributed by atoms with Crippen LogP contribution >= 0.6 is 0 Å². The van der Waals surface area contributed by atoms with E-state index in [1.165, 1.54) is 61.6 Å². The zero-order chi connectivity index (χ0) is 20.2. The van der Waals surface area contributed by atoms with Crippen LogP contribution in [0.3, 0.4) is 0 Å². The van der Waals surface area contributed by atoms with Gasteiger partial charge in [-0.1, -0.05) is 57.2 Å². The standard InChI is InChI=1S/C26H36O2/c1-4-5-6-7-9-23(19-25-12-11-21(2)22(3)18-25)10-8-17-28-26-15-13-24(20-27)14-16-26/h11-16,18,20,23H,4-10,17,19H2,1-3H3/t23-/m0/s1. The van der Waals surface area contributed by atoms with Crippen molar-refractivity contribution < 1.29 is 9.53 Å². The average molecular weight is 381 g/mol. The molecule has 2 heteroatoms. The lowest BCUT2D eigenvalue weighted by Crippen LogP contribution is -2.08. The summed E-state index contributed by atoms with van der Waals surface area (Å²) in [6, 6.07) is 14.3. The number of aldehydes is 1. The molecule has 0 saturated carbocycles. The number of benzene rings is 2. The molecule has 2 nitrogen and oxygen atoms in total. The second-order valence-electron chi connectivity index (χ2n) is 8.02. The van der Waals surface area contributed by atoms with Gasteiger partial charge in [-0.25, -0.2) is 0 Å². The van der Waals surface area contributed by atoms with Gasteiger partial charge in [-0.3, -0.25) is 4.79 Å². The first-order valence-corrected chi connectivity index (χ1v) is 10.9. The molecule has 0 aromatic heterocycles. The first-order valence-electron chi connectivity index (χ1n) is 10.9. The molecule has 0 spiro atoms. The van der Waals surface area contributed by atoms with Crippen molar-refractivity contribution in [3.8, 4) is 5.75 Å². The summed E-state index contributed by atoms with van der Waals surface area (Å²) in [4.78, 5) is 10.7. The summed E-state index contributed by atoms with van der Waals surface area (Å²) in [7, 11) is 0. The zero-order valence-corrected chi connectivity index (χ0v) is 17.9. The van der Waals surface area contributed by atoms with E-state index in [-0.39, 0.29) is 0 Å². The number of carbonyl (C=O) groups is 1. The molecule has 2 aromatic rings. The van der Waals surface area contributed by atoms with Gasteiger partial charge in [-0.2, -0.15) is 0 Å². The SMILES string of the molecule is CCCCCC[C@@H](CCCOc1ccc(C=O)cc1)Cc1ccc(C)c(C)c1. The van der Waals surface area contributed by atoms with Crippen LogP contribution in [0.2, 0.25) is 0 Å². The van der Waals surface area contributed by atoms with Crippen LogP contribution in [0.25, 0.3) is 0 Å². The topological polar surface area (TPSA) is 26.3 Å². The van der Waals surface area contributed by atoms with Crippen molar-refractivity contribution in [3.63, 3.8) is 0 Å². The molecular weight excluding hydrogens is 344 g/mol. The first kappa shape index (κ1) is 22.2. The summed E-state index contributed by atoms with van der Waals surface area (Å²) in [5, 5.41) is 0. The van der Waals surface area contributed by atoms with Gasteiger partial charge in [0.15, 0.2) is 0 Å². The largest absolute Gasteiger partial charge is 0.494 e. The Balaban J connectivity index is 1.83. The number of aryl methyl sites for hydroxylation is 2. The number of carbonyl (C=O) groups excluding carboxylic acids is 1. The number of rotatable bonds is 13. The third-order valence-electron chi connectivity index (χ3n) is 5.60. The second-order valence-corrected chi connectivity index (χ2v) is 8.02. The molecular formula is C26H36O2. The summed E-state index contributed by atoms with van der Waals surface area (Å²) < 4.78 is 5.87. The van der Waals surface area contributed by atoms with Crippen LogP contribution in [0.4, 0.5) is 0 Å². The van der Waals surface area contributed by atoms with Crippen molar-refractivity contribution >= 4 is 6.29 Å². The third kappa shape index (κ3) is 7.88. The molecule has 152 valence electrons. The van der Waals surface area contributed by atoms with E-state index in [1.807, 2.05) is 12.1 Å². The quantitative estimate of drug-likeness (QED) is 0.273. The Hall–Kier alpha value is -2.09. The molecule has 2 rings (SSSR count). The van der Waals surface area contributed by atoms with E-state index in [0.29, 0.717) is 5.56 Å². The molecule has 0 fully saturated rings. The van der Waals surface area contributed by atoms with Crippen LogP contribution in [0.15, 0.2) is 42.5 Å². The molecule has 0 bridgehead atoms. The minimum absolute atomic E-state index is 0.688. The van der Waals surface area contributed by atoms with Gasteiger partial charge in [0.1, 0.15) is 12.0 Å². The minimum Gasteiger partial charge on any atom is -0.494 e. The van der Waals surface area contributed by atoms with Crippen LogP contribution in [0, 0.1) is 19.8 Å². The fraction of sp³-hybridized carbons (Fsp3) is 0.500. The average Bonchev–Trinajstić information content (AvgIpc) is 2.71. The Labute approximate surface area is 171 Å². The zero-order valence-electron chi connectivity index (χ0n) is 17.9. The maximum Gasteiger partial charge on any atom is 0.150 e. The number of hydrogen-bond acceptors (Lipinski definition) is 2. The lowest BCUT2D eigenvalue weighted by Gasteiger charge is -2.18. The highest BCUT2D eigenvalue weighted by molar-refractivity contribution is 5.74. The van der Waals surface area contributed by atoms with Crippen LogP contribution in [-0.2, 0) is 6.42 Å². The van der Waals surface area contributed by atoms with Crippen LogP contribution in [0.5, 0.6) is 5.75 Å². The highest BCUT2D eigenvalue weighted by Gasteiger charge is 2.11. The molecule has 0 aliphatic rings. The number of hydrogen-bond donors (Lipinski definition) is 0. The molecule has 0 aliphatic heterocycles.